The fourth-order valence-electron chi connectivity index (χ4n) is 7.43. The molecule has 4 amide bonds. The van der Waals surface area contributed by atoms with Crippen LogP contribution in [-0.4, -0.2) is 83.7 Å². The molecule has 1 unspecified atom stereocenters. The molecule has 0 aliphatic carbocycles. The number of oxazole rings is 2. The van der Waals surface area contributed by atoms with E-state index in [-0.39, 0.29) is 42.3 Å². The summed E-state index contributed by atoms with van der Waals surface area (Å²) in [6.45, 7) is 6.80. The highest BCUT2D eigenvalue weighted by Crippen LogP contribution is 2.38. The van der Waals surface area contributed by atoms with Crippen molar-refractivity contribution in [1.29, 1.82) is 0 Å². The van der Waals surface area contributed by atoms with Crippen LogP contribution in [0.15, 0.2) is 69.5 Å². The van der Waals surface area contributed by atoms with E-state index in [4.69, 9.17) is 23.5 Å². The minimum atomic E-state index is -0.733. The molecule has 2 fully saturated rings. The number of fused-ring (bicyclic) bond motifs is 2. The van der Waals surface area contributed by atoms with E-state index in [1.54, 1.807) is 9.80 Å². The lowest BCUT2D eigenvalue weighted by Crippen LogP contribution is -2.51. The molecule has 0 radical (unpaired) electrons. The Morgan fingerprint density at radius 3 is 1.91 bits per heavy atom. The highest BCUT2D eigenvalue weighted by atomic mass is 16.5. The maximum atomic E-state index is 13.7. The minimum absolute atomic E-state index is 0.139. The summed E-state index contributed by atoms with van der Waals surface area (Å²) < 4.78 is 21.7. The predicted octanol–water partition coefficient (Wildman–Crippen LogP) is 6.61. The zero-order valence-corrected chi connectivity index (χ0v) is 31.0. The van der Waals surface area contributed by atoms with Gasteiger partial charge in [0.15, 0.2) is 11.2 Å². The quantitative estimate of drug-likeness (QED) is 0.168. The second-order valence-corrected chi connectivity index (χ2v) is 14.3. The molecule has 5 aromatic rings. The highest BCUT2D eigenvalue weighted by Gasteiger charge is 2.41. The van der Waals surface area contributed by atoms with E-state index in [1.807, 2.05) is 50.2 Å². The number of hydrogen-bond acceptors (Lipinski definition) is 10. The molecule has 7 rings (SSSR count). The van der Waals surface area contributed by atoms with Gasteiger partial charge in [-0.25, -0.2) is 19.6 Å². The molecule has 2 aliphatic heterocycles. The smallest absolute Gasteiger partial charge is 0.407 e. The number of alkyl carbamates (subject to hydrolysis) is 2. The summed E-state index contributed by atoms with van der Waals surface area (Å²) in [4.78, 5) is 63.1. The molecule has 2 saturated heterocycles. The van der Waals surface area contributed by atoms with E-state index in [1.165, 1.54) is 14.2 Å². The number of nitrogens with zero attached hydrogens (tertiary/aromatic N) is 4. The molecule has 2 N–H and O–H groups in total. The van der Waals surface area contributed by atoms with Gasteiger partial charge in [-0.1, -0.05) is 57.2 Å². The van der Waals surface area contributed by atoms with Crippen molar-refractivity contribution < 1.29 is 37.5 Å². The summed E-state index contributed by atoms with van der Waals surface area (Å²) >= 11 is 0. The molecular formula is C40H44N6O8. The van der Waals surface area contributed by atoms with Crippen LogP contribution in [0.25, 0.3) is 44.5 Å². The molecule has 4 atom stereocenters. The Hall–Kier alpha value is -5.92. The van der Waals surface area contributed by atoms with Crippen molar-refractivity contribution in [3.05, 3.63) is 72.4 Å². The van der Waals surface area contributed by atoms with Crippen molar-refractivity contribution in [3.8, 4) is 22.3 Å². The lowest BCUT2D eigenvalue weighted by molar-refractivity contribution is -0.136. The predicted molar refractivity (Wildman–Crippen MR) is 199 cm³/mol. The third-order valence-electron chi connectivity index (χ3n) is 10.3. The third kappa shape index (κ3) is 7.32. The van der Waals surface area contributed by atoms with E-state index in [9.17, 15) is 19.2 Å². The average molecular weight is 737 g/mol. The van der Waals surface area contributed by atoms with Gasteiger partial charge in [-0.3, -0.25) is 9.59 Å². The van der Waals surface area contributed by atoms with Crippen LogP contribution in [0.2, 0.25) is 0 Å². The van der Waals surface area contributed by atoms with Crippen LogP contribution in [0, 0.1) is 11.8 Å². The Bertz CT molecular complexity index is 2190. The number of benzene rings is 3. The van der Waals surface area contributed by atoms with E-state index >= 15 is 0 Å². The van der Waals surface area contributed by atoms with E-state index < -0.39 is 18.2 Å². The Kier molecular flexibility index (Phi) is 10.3. The standard InChI is InChI=1S/C40H44N6O8/c1-22(2)35(44-40(50)52-5)38(48)46-21-23(3)17-31(46)37-43-29-19-27(13-15-33(29)54-37)25-10-8-24(9-11-25)26-12-14-32-28(18-26)42-36(53-32)30-7-6-16-45(30)34(47)20-41-39(49)51-4/h8-15,18-19,22-23,30-31,35H,6-7,16-17,20-21H2,1-5H3,(H,41,49)(H,44,50)/t23-,30-,31?,35-/m0/s1. The Balaban J connectivity index is 1.07. The lowest BCUT2D eigenvalue weighted by Gasteiger charge is -2.29. The fourth-order valence-corrected chi connectivity index (χ4v) is 7.43. The van der Waals surface area contributed by atoms with E-state index in [2.05, 4.69) is 46.6 Å². The van der Waals surface area contributed by atoms with Gasteiger partial charge in [-0.2, -0.15) is 0 Å². The molecule has 2 aliphatic rings. The maximum Gasteiger partial charge on any atom is 0.407 e. The van der Waals surface area contributed by atoms with Crippen molar-refractivity contribution in [2.45, 2.75) is 58.2 Å². The Morgan fingerprint density at radius 1 is 0.796 bits per heavy atom. The van der Waals surface area contributed by atoms with Crippen LogP contribution >= 0.6 is 0 Å². The zero-order valence-electron chi connectivity index (χ0n) is 31.0. The van der Waals surface area contributed by atoms with Crippen molar-refractivity contribution in [1.82, 2.24) is 30.4 Å². The van der Waals surface area contributed by atoms with Crippen molar-refractivity contribution in [2.24, 2.45) is 11.8 Å². The molecule has 54 heavy (non-hydrogen) atoms. The van der Waals surface area contributed by atoms with Crippen molar-refractivity contribution >= 4 is 46.2 Å². The highest BCUT2D eigenvalue weighted by molar-refractivity contribution is 5.87. The van der Waals surface area contributed by atoms with Crippen LogP contribution in [-0.2, 0) is 19.1 Å². The summed E-state index contributed by atoms with van der Waals surface area (Å²) in [6.07, 6.45) is 0.933. The number of methoxy groups -OCH3 is 2. The second-order valence-electron chi connectivity index (χ2n) is 14.3. The summed E-state index contributed by atoms with van der Waals surface area (Å²) in [5.41, 5.74) is 6.61. The van der Waals surface area contributed by atoms with Gasteiger partial charge in [0.1, 0.15) is 35.7 Å². The number of nitrogens with one attached hydrogen (secondary N) is 2. The first-order chi connectivity index (χ1) is 26.0. The van der Waals surface area contributed by atoms with E-state index in [0.717, 1.165) is 35.1 Å². The van der Waals surface area contributed by atoms with Gasteiger partial charge in [0.25, 0.3) is 0 Å². The van der Waals surface area contributed by atoms with Gasteiger partial charge in [0.05, 0.1) is 14.2 Å². The van der Waals surface area contributed by atoms with Crippen LogP contribution in [0.4, 0.5) is 9.59 Å². The third-order valence-corrected chi connectivity index (χ3v) is 10.3. The number of ether oxygens (including phenoxy) is 2. The van der Waals surface area contributed by atoms with Crippen LogP contribution in [0.5, 0.6) is 0 Å². The van der Waals surface area contributed by atoms with Gasteiger partial charge in [0, 0.05) is 13.1 Å². The SMILES string of the molecule is COC(=O)NCC(=O)N1CCC[C@H]1c1nc2cc(-c3ccc(-c4ccc5oc(C6C[C@H](C)CN6C(=O)[C@@H](NC(=O)OC)C(C)C)nc5c4)cc3)ccc2o1. The number of hydrogen-bond donors (Lipinski definition) is 2. The van der Waals surface area contributed by atoms with Gasteiger partial charge in [0.2, 0.25) is 23.6 Å². The number of carbonyl (C=O) groups is 4. The molecule has 4 heterocycles. The first-order valence-electron chi connectivity index (χ1n) is 18.2. The monoisotopic (exact) mass is 736 g/mol. The zero-order chi connectivity index (χ0) is 38.1. The summed E-state index contributed by atoms with van der Waals surface area (Å²) in [6, 6.07) is 18.6. The molecule has 2 aromatic heterocycles. The molecule has 0 bridgehead atoms. The number of likely N-dealkylation sites (tertiary alicyclic amines) is 2. The first kappa shape index (κ1) is 36.4. The first-order valence-corrected chi connectivity index (χ1v) is 18.2. The topological polar surface area (TPSA) is 169 Å². The van der Waals surface area contributed by atoms with Crippen LogP contribution in [0.1, 0.15) is 63.9 Å². The summed E-state index contributed by atoms with van der Waals surface area (Å²) in [5, 5.41) is 5.14. The van der Waals surface area contributed by atoms with Gasteiger partial charge in [-0.15, -0.1) is 0 Å². The second kappa shape index (κ2) is 15.2. The molecule has 282 valence electrons. The summed E-state index contributed by atoms with van der Waals surface area (Å²) in [5.74, 6) is 0.643. The normalized spacial score (nSPS) is 19.0. The number of rotatable bonds is 9. The fraction of sp³-hybridized carbons (Fsp3) is 0.400. The number of carbonyl (C=O) groups excluding carboxylic acids is 4. The molecule has 3 aromatic carbocycles. The van der Waals surface area contributed by atoms with Gasteiger partial charge < -0.3 is 38.7 Å². The number of amides is 4. The van der Waals surface area contributed by atoms with Crippen molar-refractivity contribution in [3.63, 3.8) is 0 Å². The number of aromatic nitrogens is 2. The maximum absolute atomic E-state index is 13.7. The molecule has 14 heteroatoms. The van der Waals surface area contributed by atoms with Crippen LogP contribution in [0.3, 0.4) is 0 Å². The van der Waals surface area contributed by atoms with E-state index in [0.29, 0.717) is 53.5 Å². The van der Waals surface area contributed by atoms with Crippen molar-refractivity contribution in [2.75, 3.05) is 33.9 Å². The van der Waals surface area contributed by atoms with Crippen LogP contribution < -0.4 is 10.6 Å². The van der Waals surface area contributed by atoms with Gasteiger partial charge in [-0.05, 0) is 77.6 Å². The molecule has 14 nitrogen and oxygen atoms in total. The lowest BCUT2D eigenvalue weighted by atomic mass is 10.00. The largest absolute Gasteiger partial charge is 0.453 e. The Labute approximate surface area is 312 Å². The molecule has 0 saturated carbocycles. The Morgan fingerprint density at radius 2 is 1.35 bits per heavy atom. The average Bonchev–Trinajstić information content (AvgIpc) is 3.99. The summed E-state index contributed by atoms with van der Waals surface area (Å²) in [7, 11) is 2.53. The molecule has 0 spiro atoms. The molecular weight excluding hydrogens is 692 g/mol. The van der Waals surface area contributed by atoms with Gasteiger partial charge >= 0.3 is 12.2 Å². The minimum Gasteiger partial charge on any atom is -0.453 e.